The minimum Gasteiger partial charge on any atom is -0.466 e. The molecule has 5 rings (SSSR count). The summed E-state index contributed by atoms with van der Waals surface area (Å²) in [6.07, 6.45) is 10.5. The fraction of sp³-hybridized carbons (Fsp3) is 0.583. The van der Waals surface area contributed by atoms with Crippen LogP contribution in [0.3, 0.4) is 0 Å². The van der Waals surface area contributed by atoms with Crippen LogP contribution in [-0.2, 0) is 20.7 Å². The number of nitrogens with zero attached hydrogens (tertiary/aromatic N) is 5. The van der Waals surface area contributed by atoms with Gasteiger partial charge in [0.15, 0.2) is 0 Å². The van der Waals surface area contributed by atoms with E-state index in [1.54, 1.807) is 29.5 Å². The molecule has 0 spiro atoms. The van der Waals surface area contributed by atoms with Crippen molar-refractivity contribution in [2.45, 2.75) is 64.7 Å². The highest BCUT2D eigenvalue weighted by molar-refractivity contribution is 7.09. The van der Waals surface area contributed by atoms with E-state index in [1.807, 2.05) is 34.5 Å². The van der Waals surface area contributed by atoms with Gasteiger partial charge in [-0.2, -0.15) is 0 Å². The molecule has 11 heteroatoms. The fourth-order valence-electron chi connectivity index (χ4n) is 7.69. The van der Waals surface area contributed by atoms with E-state index in [-0.39, 0.29) is 12.3 Å². The topological polar surface area (TPSA) is 69.2 Å². The third-order valence-corrected chi connectivity index (χ3v) is 11.8. The zero-order chi connectivity index (χ0) is 33.6. The first kappa shape index (κ1) is 35.9. The second kappa shape index (κ2) is 16.3. The molecule has 0 bridgehead atoms. The number of hydrogen-bond acceptors (Lipinski definition) is 8. The monoisotopic (exact) mass is 701 g/mol. The second-order valence-electron chi connectivity index (χ2n) is 13.1. The van der Waals surface area contributed by atoms with Crippen LogP contribution in [0.25, 0.3) is 0 Å². The maximum Gasteiger partial charge on any atom is 0.336 e. The molecule has 2 aromatic rings. The van der Waals surface area contributed by atoms with Crippen LogP contribution in [0.2, 0.25) is 10.0 Å². The number of rotatable bonds is 13. The van der Waals surface area contributed by atoms with E-state index in [9.17, 15) is 9.59 Å². The molecule has 8 nitrogen and oxygen atoms in total. The van der Waals surface area contributed by atoms with Crippen molar-refractivity contribution in [1.82, 2.24) is 24.6 Å². The van der Waals surface area contributed by atoms with Gasteiger partial charge in [0, 0.05) is 97.2 Å². The van der Waals surface area contributed by atoms with Crippen molar-refractivity contribution in [3.8, 4) is 0 Å². The number of aromatic nitrogens is 1. The van der Waals surface area contributed by atoms with E-state index in [4.69, 9.17) is 27.9 Å². The van der Waals surface area contributed by atoms with Gasteiger partial charge in [-0.15, -0.1) is 11.3 Å². The molecule has 1 saturated carbocycles. The van der Waals surface area contributed by atoms with Crippen molar-refractivity contribution in [1.29, 1.82) is 0 Å². The molecule has 1 saturated heterocycles. The summed E-state index contributed by atoms with van der Waals surface area (Å²) in [5.74, 6) is -1.04. The molecule has 0 N–H and O–H groups in total. The molecule has 256 valence electrons. The molecule has 1 unspecified atom stereocenters. The van der Waals surface area contributed by atoms with Gasteiger partial charge in [-0.3, -0.25) is 9.69 Å². The Morgan fingerprint density at radius 2 is 1.74 bits per heavy atom. The number of esters is 1. The standard InChI is InChI=1S/C36H49Cl2N5O3S/c1-5-41(6-2)24-36(14-7-8-15-36)25-42-17-19-43(20-18-42)32(44)23-30-34(35(45)46-4)27(33-28(37)10-9-11-29(33)38)22-26(40(30)3)12-13-31-39-16-21-47-31/h9-11,16,21-22,27H,5-8,12-15,17-20,23-25H2,1-4H3. The number of carbonyl (C=O) groups excluding carboxylic acids is 2. The third-order valence-electron chi connectivity index (χ3n) is 10.3. The second-order valence-corrected chi connectivity index (χ2v) is 14.9. The Hall–Kier alpha value is -2.43. The maximum absolute atomic E-state index is 14.0. The Bertz CT molecular complexity index is 1420. The number of allylic oxidation sites excluding steroid dienone is 2. The molecule has 1 aromatic heterocycles. The average Bonchev–Trinajstić information content (AvgIpc) is 3.77. The van der Waals surface area contributed by atoms with Crippen molar-refractivity contribution < 1.29 is 14.3 Å². The molecule has 3 heterocycles. The highest BCUT2D eigenvalue weighted by Crippen LogP contribution is 2.44. The first-order valence-electron chi connectivity index (χ1n) is 17.0. The predicted molar refractivity (Wildman–Crippen MR) is 191 cm³/mol. The number of piperazine rings is 1. The number of ether oxygens (including phenoxy) is 1. The molecule has 3 aliphatic rings. The van der Waals surface area contributed by atoms with E-state index in [2.05, 4.69) is 28.6 Å². The predicted octanol–water partition coefficient (Wildman–Crippen LogP) is 6.86. The Labute approximate surface area is 294 Å². The zero-order valence-electron chi connectivity index (χ0n) is 28.3. The van der Waals surface area contributed by atoms with Gasteiger partial charge in [-0.05, 0) is 49.9 Å². The van der Waals surface area contributed by atoms with Gasteiger partial charge in [-0.25, -0.2) is 9.78 Å². The molecule has 2 aliphatic heterocycles. The van der Waals surface area contributed by atoms with Gasteiger partial charge >= 0.3 is 5.97 Å². The SMILES string of the molecule is CCN(CC)CC1(CN2CCN(C(=O)CC3=C(C(=O)OC)C(c4c(Cl)cccc4Cl)C=C(CCc4nccs4)N3C)CC2)CCCC1. The highest BCUT2D eigenvalue weighted by Gasteiger charge is 2.39. The van der Waals surface area contributed by atoms with Gasteiger partial charge in [0.1, 0.15) is 0 Å². The Morgan fingerprint density at radius 1 is 1.06 bits per heavy atom. The van der Waals surface area contributed by atoms with E-state index >= 15 is 0 Å². The van der Waals surface area contributed by atoms with Gasteiger partial charge in [0.2, 0.25) is 5.91 Å². The summed E-state index contributed by atoms with van der Waals surface area (Å²) in [4.78, 5) is 41.1. The number of aryl methyl sites for hydroxylation is 1. The van der Waals surface area contributed by atoms with Crippen molar-refractivity contribution in [2.75, 3.05) is 66.5 Å². The summed E-state index contributed by atoms with van der Waals surface area (Å²) in [7, 11) is 3.30. The van der Waals surface area contributed by atoms with Crippen molar-refractivity contribution >= 4 is 46.4 Å². The van der Waals surface area contributed by atoms with E-state index < -0.39 is 11.9 Å². The number of methoxy groups -OCH3 is 1. The van der Waals surface area contributed by atoms with Crippen LogP contribution in [0.1, 0.15) is 68.9 Å². The largest absolute Gasteiger partial charge is 0.466 e. The Balaban J connectivity index is 1.36. The number of carbonyl (C=O) groups is 2. The number of thiazole rings is 1. The van der Waals surface area contributed by atoms with Crippen LogP contribution in [0, 0.1) is 5.41 Å². The summed E-state index contributed by atoms with van der Waals surface area (Å²) in [5.41, 5.74) is 3.00. The number of benzene rings is 1. The number of hydrogen-bond donors (Lipinski definition) is 0. The molecule has 1 atom stereocenters. The molecule has 1 aromatic carbocycles. The lowest BCUT2D eigenvalue weighted by Gasteiger charge is -2.42. The van der Waals surface area contributed by atoms with Gasteiger partial charge in [0.25, 0.3) is 0 Å². The molecule has 1 amide bonds. The molecular formula is C36H49Cl2N5O3S. The lowest BCUT2D eigenvalue weighted by atomic mass is 9.84. The maximum atomic E-state index is 14.0. The summed E-state index contributed by atoms with van der Waals surface area (Å²) in [6, 6.07) is 5.35. The average molecular weight is 703 g/mol. The van der Waals surface area contributed by atoms with Crippen LogP contribution >= 0.6 is 34.5 Å². The quantitative estimate of drug-likeness (QED) is 0.212. The van der Waals surface area contributed by atoms with Crippen LogP contribution in [0.15, 0.2) is 52.8 Å². The smallest absolute Gasteiger partial charge is 0.336 e. The lowest BCUT2D eigenvalue weighted by Crippen LogP contribution is -2.53. The van der Waals surface area contributed by atoms with Crippen molar-refractivity contribution in [3.05, 3.63) is 73.4 Å². The normalized spacial score (nSPS) is 20.2. The fourth-order valence-corrected chi connectivity index (χ4v) is 8.94. The Morgan fingerprint density at radius 3 is 2.34 bits per heavy atom. The first-order chi connectivity index (χ1) is 22.7. The number of halogens is 2. The van der Waals surface area contributed by atoms with Crippen LogP contribution in [-0.4, -0.2) is 103 Å². The first-order valence-corrected chi connectivity index (χ1v) is 18.6. The number of amides is 1. The lowest BCUT2D eigenvalue weighted by molar-refractivity contribution is -0.136. The van der Waals surface area contributed by atoms with Crippen LogP contribution in [0.4, 0.5) is 0 Å². The summed E-state index contributed by atoms with van der Waals surface area (Å²) in [5, 5.41) is 3.93. The summed E-state index contributed by atoms with van der Waals surface area (Å²) < 4.78 is 5.33. The van der Waals surface area contributed by atoms with Crippen molar-refractivity contribution in [3.63, 3.8) is 0 Å². The minimum atomic E-state index is -0.556. The van der Waals surface area contributed by atoms with E-state index in [1.165, 1.54) is 32.8 Å². The highest BCUT2D eigenvalue weighted by atomic mass is 35.5. The molecule has 2 fully saturated rings. The third kappa shape index (κ3) is 8.42. The Kier molecular flexibility index (Phi) is 12.4. The summed E-state index contributed by atoms with van der Waals surface area (Å²) in [6.45, 7) is 12.0. The zero-order valence-corrected chi connectivity index (χ0v) is 30.6. The molecular weight excluding hydrogens is 653 g/mol. The molecule has 1 aliphatic carbocycles. The summed E-state index contributed by atoms with van der Waals surface area (Å²) >= 11 is 15.1. The minimum absolute atomic E-state index is 0.0109. The van der Waals surface area contributed by atoms with Gasteiger partial charge in [0.05, 0.1) is 24.1 Å². The molecule has 0 radical (unpaired) electrons. The van der Waals surface area contributed by atoms with Crippen LogP contribution < -0.4 is 0 Å². The molecule has 47 heavy (non-hydrogen) atoms. The van der Waals surface area contributed by atoms with Crippen molar-refractivity contribution in [2.24, 2.45) is 5.41 Å². The van der Waals surface area contributed by atoms with Gasteiger partial charge < -0.3 is 19.4 Å². The van der Waals surface area contributed by atoms with Crippen LogP contribution in [0.5, 0.6) is 0 Å². The van der Waals surface area contributed by atoms with Gasteiger partial charge in [-0.1, -0.05) is 62.0 Å². The van der Waals surface area contributed by atoms with E-state index in [0.717, 1.165) is 56.4 Å². The van der Waals surface area contributed by atoms with E-state index in [0.29, 0.717) is 51.8 Å².